The molecular weight excluding hydrogens is 456 g/mol. The van der Waals surface area contributed by atoms with Gasteiger partial charge in [-0.25, -0.2) is 0 Å². The summed E-state index contributed by atoms with van der Waals surface area (Å²) < 4.78 is 17.9. The van der Waals surface area contributed by atoms with Crippen molar-refractivity contribution in [3.8, 4) is 5.75 Å². The molecule has 5 rings (SSSR count). The molecule has 6 heteroatoms. The number of rotatable bonds is 7. The number of ether oxygens (including phenoxy) is 3. The Bertz CT molecular complexity index is 1190. The molecule has 3 aromatic carbocycles. The number of aryl methyl sites for hydroxylation is 2. The standard InChI is InChI=1S/C30H34O6/c1-18-6-9-21(27-14-26(32)30(33)28(15-31)36-27)13-22(18)12-20-7-10-23(11-8-20)34-17-29-24-5-3-4-19(2)25(24)16-35-29/h3-11,13,26-33H,12,14-17H2,1-2H3/t26-,27-,28-,29?,30+/m1/s1. The van der Waals surface area contributed by atoms with Gasteiger partial charge in [0.15, 0.2) is 0 Å². The van der Waals surface area contributed by atoms with Crippen LogP contribution in [0.15, 0.2) is 60.7 Å². The summed E-state index contributed by atoms with van der Waals surface area (Å²) in [5, 5.41) is 29.7. The van der Waals surface area contributed by atoms with Crippen LogP contribution in [-0.4, -0.2) is 46.8 Å². The Labute approximate surface area is 212 Å². The normalized spacial score (nSPS) is 25.5. The van der Waals surface area contributed by atoms with Crippen LogP contribution < -0.4 is 4.74 Å². The molecule has 1 fully saturated rings. The lowest BCUT2D eigenvalue weighted by molar-refractivity contribution is -0.181. The van der Waals surface area contributed by atoms with Crippen molar-refractivity contribution in [1.29, 1.82) is 0 Å². The first kappa shape index (κ1) is 24.9. The molecule has 6 nitrogen and oxygen atoms in total. The van der Waals surface area contributed by atoms with Gasteiger partial charge in [0, 0.05) is 6.42 Å². The third-order valence-corrected chi connectivity index (χ3v) is 7.44. The zero-order valence-corrected chi connectivity index (χ0v) is 20.8. The fourth-order valence-electron chi connectivity index (χ4n) is 5.13. The molecule has 36 heavy (non-hydrogen) atoms. The van der Waals surface area contributed by atoms with Crippen molar-refractivity contribution in [3.05, 3.63) is 99.6 Å². The second-order valence-corrected chi connectivity index (χ2v) is 9.90. The highest BCUT2D eigenvalue weighted by Crippen LogP contribution is 2.34. The first-order valence-corrected chi connectivity index (χ1v) is 12.6. The van der Waals surface area contributed by atoms with Crippen LogP contribution >= 0.6 is 0 Å². The molecule has 0 spiro atoms. The number of aliphatic hydroxyl groups excluding tert-OH is 3. The fraction of sp³-hybridized carbons (Fsp3) is 0.400. The largest absolute Gasteiger partial charge is 0.491 e. The number of benzene rings is 3. The maximum atomic E-state index is 10.2. The van der Waals surface area contributed by atoms with Crippen molar-refractivity contribution in [3.63, 3.8) is 0 Å². The van der Waals surface area contributed by atoms with Gasteiger partial charge < -0.3 is 29.5 Å². The molecule has 2 aliphatic heterocycles. The van der Waals surface area contributed by atoms with Crippen molar-refractivity contribution in [2.24, 2.45) is 0 Å². The Morgan fingerprint density at radius 1 is 0.972 bits per heavy atom. The third-order valence-electron chi connectivity index (χ3n) is 7.44. The average Bonchev–Trinajstić information content (AvgIpc) is 3.31. The van der Waals surface area contributed by atoms with E-state index in [1.807, 2.05) is 18.2 Å². The van der Waals surface area contributed by atoms with Gasteiger partial charge in [-0.15, -0.1) is 0 Å². The summed E-state index contributed by atoms with van der Waals surface area (Å²) in [7, 11) is 0. The van der Waals surface area contributed by atoms with Crippen LogP contribution in [0.3, 0.4) is 0 Å². The molecule has 1 unspecified atom stereocenters. The Morgan fingerprint density at radius 3 is 2.56 bits per heavy atom. The maximum absolute atomic E-state index is 10.2. The molecule has 0 aliphatic carbocycles. The fourth-order valence-corrected chi connectivity index (χ4v) is 5.13. The van der Waals surface area contributed by atoms with Crippen LogP contribution in [0.5, 0.6) is 5.75 Å². The van der Waals surface area contributed by atoms with E-state index in [1.54, 1.807) is 0 Å². The van der Waals surface area contributed by atoms with Crippen LogP contribution in [0.2, 0.25) is 0 Å². The molecule has 0 radical (unpaired) electrons. The summed E-state index contributed by atoms with van der Waals surface area (Å²) in [5.74, 6) is 0.812. The Hall–Kier alpha value is -2.74. The molecule has 0 bridgehead atoms. The van der Waals surface area contributed by atoms with Gasteiger partial charge in [0.2, 0.25) is 0 Å². The summed E-state index contributed by atoms with van der Waals surface area (Å²) in [4.78, 5) is 0. The molecule has 5 atom stereocenters. The van der Waals surface area contributed by atoms with Crippen LogP contribution in [-0.2, 0) is 22.5 Å². The SMILES string of the molecule is Cc1ccc([C@H]2C[C@@H](O)[C@H](O)[C@@H](CO)O2)cc1Cc1ccc(OCC2OCc3c(C)cccc32)cc1. The van der Waals surface area contributed by atoms with E-state index in [0.717, 1.165) is 28.9 Å². The first-order valence-electron chi connectivity index (χ1n) is 12.6. The van der Waals surface area contributed by atoms with Crippen molar-refractivity contribution in [2.75, 3.05) is 13.2 Å². The summed E-state index contributed by atoms with van der Waals surface area (Å²) in [6, 6.07) is 20.6. The lowest BCUT2D eigenvalue weighted by Crippen LogP contribution is -2.47. The van der Waals surface area contributed by atoms with Gasteiger partial charge in [0.1, 0.15) is 30.7 Å². The molecular formula is C30H34O6. The molecule has 0 aromatic heterocycles. The van der Waals surface area contributed by atoms with Crippen molar-refractivity contribution in [1.82, 2.24) is 0 Å². The number of hydrogen-bond donors (Lipinski definition) is 3. The number of aliphatic hydroxyl groups is 3. The molecule has 2 heterocycles. The van der Waals surface area contributed by atoms with Crippen molar-refractivity contribution >= 4 is 0 Å². The second-order valence-electron chi connectivity index (χ2n) is 9.90. The highest BCUT2D eigenvalue weighted by Gasteiger charge is 2.37. The lowest BCUT2D eigenvalue weighted by atomic mass is 9.91. The predicted molar refractivity (Wildman–Crippen MR) is 136 cm³/mol. The van der Waals surface area contributed by atoms with Crippen LogP contribution in [0, 0.1) is 13.8 Å². The van der Waals surface area contributed by atoms with E-state index in [0.29, 0.717) is 19.6 Å². The summed E-state index contributed by atoms with van der Waals surface area (Å²) in [6.07, 6.45) is -2.16. The quantitative estimate of drug-likeness (QED) is 0.462. The Kier molecular flexibility index (Phi) is 7.42. The van der Waals surface area contributed by atoms with E-state index in [-0.39, 0.29) is 18.8 Å². The van der Waals surface area contributed by atoms with Crippen LogP contribution in [0.4, 0.5) is 0 Å². The Morgan fingerprint density at radius 2 is 1.78 bits per heavy atom. The Balaban J connectivity index is 1.23. The molecule has 0 saturated carbocycles. The molecule has 1 saturated heterocycles. The highest BCUT2D eigenvalue weighted by molar-refractivity contribution is 5.39. The van der Waals surface area contributed by atoms with Gasteiger partial charge in [-0.3, -0.25) is 0 Å². The topological polar surface area (TPSA) is 88.4 Å². The molecule has 3 aromatic rings. The number of hydrogen-bond acceptors (Lipinski definition) is 6. The predicted octanol–water partition coefficient (Wildman–Crippen LogP) is 4.09. The monoisotopic (exact) mass is 490 g/mol. The van der Waals surface area contributed by atoms with Crippen LogP contribution in [0.25, 0.3) is 0 Å². The number of fused-ring (bicyclic) bond motifs is 1. The molecule has 2 aliphatic rings. The van der Waals surface area contributed by atoms with Gasteiger partial charge in [0.05, 0.1) is 25.4 Å². The maximum Gasteiger partial charge on any atom is 0.119 e. The minimum Gasteiger partial charge on any atom is -0.491 e. The molecule has 190 valence electrons. The highest BCUT2D eigenvalue weighted by atomic mass is 16.5. The van der Waals surface area contributed by atoms with Gasteiger partial charge in [-0.2, -0.15) is 0 Å². The zero-order chi connectivity index (χ0) is 25.2. The summed E-state index contributed by atoms with van der Waals surface area (Å²) in [6.45, 7) is 4.98. The minimum atomic E-state index is -1.07. The minimum absolute atomic E-state index is 0.0444. The van der Waals surface area contributed by atoms with E-state index in [2.05, 4.69) is 56.3 Å². The second kappa shape index (κ2) is 10.7. The molecule has 0 amide bonds. The van der Waals surface area contributed by atoms with E-state index in [9.17, 15) is 15.3 Å². The summed E-state index contributed by atoms with van der Waals surface area (Å²) in [5.41, 5.74) is 8.18. The first-order chi connectivity index (χ1) is 17.4. The van der Waals surface area contributed by atoms with Crippen LogP contribution in [0.1, 0.15) is 57.6 Å². The zero-order valence-electron chi connectivity index (χ0n) is 20.8. The van der Waals surface area contributed by atoms with E-state index < -0.39 is 18.3 Å². The van der Waals surface area contributed by atoms with Crippen molar-refractivity contribution < 1.29 is 29.5 Å². The van der Waals surface area contributed by atoms with Gasteiger partial charge >= 0.3 is 0 Å². The van der Waals surface area contributed by atoms with Crippen molar-refractivity contribution in [2.45, 2.75) is 63.8 Å². The van der Waals surface area contributed by atoms with E-state index >= 15 is 0 Å². The molecule has 3 N–H and O–H groups in total. The van der Waals surface area contributed by atoms with E-state index in [1.165, 1.54) is 22.3 Å². The average molecular weight is 491 g/mol. The van der Waals surface area contributed by atoms with Gasteiger partial charge in [0.25, 0.3) is 0 Å². The van der Waals surface area contributed by atoms with Gasteiger partial charge in [-0.05, 0) is 71.3 Å². The smallest absolute Gasteiger partial charge is 0.119 e. The lowest BCUT2D eigenvalue weighted by Gasteiger charge is -2.36. The summed E-state index contributed by atoms with van der Waals surface area (Å²) >= 11 is 0. The van der Waals surface area contributed by atoms with E-state index in [4.69, 9.17) is 14.2 Å². The van der Waals surface area contributed by atoms with Gasteiger partial charge in [-0.1, -0.05) is 48.5 Å². The third kappa shape index (κ3) is 5.19.